The summed E-state index contributed by atoms with van der Waals surface area (Å²) in [5.74, 6) is 0.546. The molecule has 2 aromatic rings. The van der Waals surface area contributed by atoms with Gasteiger partial charge in [-0.05, 0) is 62.0 Å². The van der Waals surface area contributed by atoms with Crippen LogP contribution in [0.15, 0.2) is 36.5 Å². The summed E-state index contributed by atoms with van der Waals surface area (Å²) in [7, 11) is 2.08. The average molecular weight is 404 g/mol. The summed E-state index contributed by atoms with van der Waals surface area (Å²) < 4.78 is 38.6. The molecule has 0 saturated carbocycles. The molecule has 7 heteroatoms. The number of aromatic amines is 1. The van der Waals surface area contributed by atoms with Gasteiger partial charge < -0.3 is 14.8 Å². The predicted molar refractivity (Wildman–Crippen MR) is 106 cm³/mol. The van der Waals surface area contributed by atoms with E-state index in [4.69, 9.17) is 5.26 Å². The zero-order valence-electron chi connectivity index (χ0n) is 16.7. The average Bonchev–Trinajstić information content (AvgIpc) is 3.13. The molecule has 1 N–H and O–H groups in total. The van der Waals surface area contributed by atoms with Crippen molar-refractivity contribution in [2.75, 3.05) is 33.2 Å². The predicted octanol–water partition coefficient (Wildman–Crippen LogP) is 4.29. The van der Waals surface area contributed by atoms with Crippen LogP contribution in [-0.2, 0) is 19.1 Å². The molecule has 2 heterocycles. The molecule has 4 nitrogen and oxygen atoms in total. The lowest BCUT2D eigenvalue weighted by Crippen LogP contribution is -2.40. The van der Waals surface area contributed by atoms with E-state index in [2.05, 4.69) is 27.9 Å². The van der Waals surface area contributed by atoms with E-state index in [1.807, 2.05) is 12.3 Å². The molecule has 1 aromatic carbocycles. The van der Waals surface area contributed by atoms with Gasteiger partial charge in [0.25, 0.3) is 0 Å². The number of hydrogen-bond acceptors (Lipinski definition) is 3. The fourth-order valence-electron chi connectivity index (χ4n) is 4.11. The van der Waals surface area contributed by atoms with Crippen molar-refractivity contribution in [3.05, 3.63) is 58.9 Å². The van der Waals surface area contributed by atoms with Crippen LogP contribution >= 0.6 is 0 Å². The van der Waals surface area contributed by atoms with Crippen molar-refractivity contribution in [3.8, 4) is 6.07 Å². The minimum Gasteiger partial charge on any atom is -0.353 e. The van der Waals surface area contributed by atoms with Gasteiger partial charge >= 0.3 is 6.18 Å². The Hall–Kier alpha value is -2.30. The normalized spacial score (nSPS) is 18.1. The molecule has 1 aliphatic rings. The Morgan fingerprint density at radius 2 is 2.10 bits per heavy atom. The number of piperidine rings is 1. The minimum absolute atomic E-state index is 0.546. The zero-order valence-corrected chi connectivity index (χ0v) is 16.7. The van der Waals surface area contributed by atoms with Crippen molar-refractivity contribution in [1.29, 1.82) is 5.26 Å². The number of alkyl halides is 3. The lowest BCUT2D eigenvalue weighted by Gasteiger charge is -2.34. The number of H-pyrrole nitrogens is 1. The molecule has 1 fully saturated rings. The van der Waals surface area contributed by atoms with Crippen LogP contribution in [0.2, 0.25) is 0 Å². The van der Waals surface area contributed by atoms with Crippen LogP contribution in [0.1, 0.15) is 35.2 Å². The number of nitrogens with one attached hydrogen (secondary N) is 1. The number of halogens is 3. The Balaban J connectivity index is 1.47. The van der Waals surface area contributed by atoms with Crippen molar-refractivity contribution < 1.29 is 13.2 Å². The first-order valence-electron chi connectivity index (χ1n) is 9.98. The summed E-state index contributed by atoms with van der Waals surface area (Å²) in [5, 5.41) is 8.91. The van der Waals surface area contributed by atoms with Crippen LogP contribution < -0.4 is 0 Å². The van der Waals surface area contributed by atoms with E-state index in [1.165, 1.54) is 18.6 Å². The molecule has 0 radical (unpaired) electrons. The third-order valence-electron chi connectivity index (χ3n) is 5.46. The molecular weight excluding hydrogens is 377 g/mol. The lowest BCUT2D eigenvalue weighted by atomic mass is 9.97. The van der Waals surface area contributed by atoms with E-state index in [9.17, 15) is 13.2 Å². The first-order chi connectivity index (χ1) is 13.8. The fourth-order valence-corrected chi connectivity index (χ4v) is 4.11. The second-order valence-electron chi connectivity index (χ2n) is 7.99. The maximum atomic E-state index is 12.9. The van der Waals surface area contributed by atoms with Crippen LogP contribution in [0.25, 0.3) is 0 Å². The largest absolute Gasteiger partial charge is 0.416 e. The summed E-state index contributed by atoms with van der Waals surface area (Å²) in [6.45, 7) is 4.51. The highest BCUT2D eigenvalue weighted by Crippen LogP contribution is 2.29. The Morgan fingerprint density at radius 1 is 1.28 bits per heavy atom. The molecule has 0 unspecified atom stereocenters. The van der Waals surface area contributed by atoms with Gasteiger partial charge in [0.2, 0.25) is 0 Å². The first kappa shape index (κ1) is 21.4. The van der Waals surface area contributed by atoms with E-state index in [-0.39, 0.29) is 0 Å². The molecule has 1 saturated heterocycles. The molecule has 0 bridgehead atoms. The monoisotopic (exact) mass is 404 g/mol. The Labute approximate surface area is 169 Å². The zero-order chi connectivity index (χ0) is 20.9. The number of aromatic nitrogens is 1. The van der Waals surface area contributed by atoms with Gasteiger partial charge in [0.1, 0.15) is 11.8 Å². The molecule has 0 spiro atoms. The number of hydrogen-bond donors (Lipinski definition) is 1. The van der Waals surface area contributed by atoms with E-state index in [0.717, 1.165) is 56.3 Å². The van der Waals surface area contributed by atoms with Gasteiger partial charge in [0, 0.05) is 32.4 Å². The molecule has 0 aliphatic carbocycles. The van der Waals surface area contributed by atoms with Gasteiger partial charge in [0.05, 0.1) is 5.56 Å². The molecule has 0 amide bonds. The van der Waals surface area contributed by atoms with Crippen molar-refractivity contribution in [1.82, 2.24) is 14.8 Å². The van der Waals surface area contributed by atoms with Crippen LogP contribution in [0.5, 0.6) is 0 Å². The number of rotatable bonds is 7. The highest BCUT2D eigenvalue weighted by Gasteiger charge is 2.30. The molecule has 1 aromatic heterocycles. The third-order valence-corrected chi connectivity index (χ3v) is 5.46. The topological polar surface area (TPSA) is 46.1 Å². The fraction of sp³-hybridized carbons (Fsp3) is 0.500. The van der Waals surface area contributed by atoms with Crippen molar-refractivity contribution in [3.63, 3.8) is 0 Å². The number of likely N-dealkylation sites (tertiary alicyclic amines) is 1. The van der Waals surface area contributed by atoms with Crippen LogP contribution in [0.3, 0.4) is 0 Å². The van der Waals surface area contributed by atoms with Gasteiger partial charge in [-0.15, -0.1) is 0 Å². The highest BCUT2D eigenvalue weighted by molar-refractivity contribution is 5.27. The number of benzene rings is 1. The highest BCUT2D eigenvalue weighted by atomic mass is 19.4. The quantitative estimate of drug-likeness (QED) is 0.749. The summed E-state index contributed by atoms with van der Waals surface area (Å²) >= 11 is 0. The third kappa shape index (κ3) is 6.34. The second kappa shape index (κ2) is 9.47. The van der Waals surface area contributed by atoms with E-state index in [1.54, 1.807) is 6.07 Å². The van der Waals surface area contributed by atoms with Gasteiger partial charge in [-0.1, -0.05) is 18.2 Å². The van der Waals surface area contributed by atoms with Gasteiger partial charge in [0.15, 0.2) is 0 Å². The van der Waals surface area contributed by atoms with Crippen LogP contribution in [0.4, 0.5) is 13.2 Å². The number of nitriles is 1. The van der Waals surface area contributed by atoms with Crippen LogP contribution in [-0.4, -0.2) is 48.0 Å². The molecule has 1 aliphatic heterocycles. The van der Waals surface area contributed by atoms with E-state index in [0.29, 0.717) is 18.0 Å². The Bertz CT molecular complexity index is 837. The van der Waals surface area contributed by atoms with Crippen LogP contribution in [0, 0.1) is 17.2 Å². The second-order valence-corrected chi connectivity index (χ2v) is 7.99. The van der Waals surface area contributed by atoms with Crippen molar-refractivity contribution >= 4 is 0 Å². The standard InChI is InChI=1S/C22H27F3N4/c1-28(15-19-11-21(12-26)27-13-19)14-18-5-3-8-29(16-18)9-7-17-4-2-6-20(10-17)22(23,24)25/h2,4,6,10-11,13,18,27H,3,5,7-9,14-16H2,1H3/t18-/m1/s1. The van der Waals surface area contributed by atoms with Gasteiger partial charge in [-0.2, -0.15) is 18.4 Å². The maximum absolute atomic E-state index is 12.9. The molecule has 1 atom stereocenters. The summed E-state index contributed by atoms with van der Waals surface area (Å²) in [5.41, 5.74) is 1.84. The maximum Gasteiger partial charge on any atom is 0.416 e. The minimum atomic E-state index is -4.29. The Morgan fingerprint density at radius 3 is 2.83 bits per heavy atom. The Kier molecular flexibility index (Phi) is 6.99. The molecule has 3 rings (SSSR count). The van der Waals surface area contributed by atoms with Crippen molar-refractivity contribution in [2.45, 2.75) is 32.0 Å². The van der Waals surface area contributed by atoms with Gasteiger partial charge in [-0.3, -0.25) is 0 Å². The van der Waals surface area contributed by atoms with Gasteiger partial charge in [-0.25, -0.2) is 0 Å². The van der Waals surface area contributed by atoms with Crippen molar-refractivity contribution in [2.24, 2.45) is 5.92 Å². The SMILES string of the molecule is CN(Cc1c[nH]c(C#N)c1)C[C@H]1CCCN(CCc2cccc(C(F)(F)F)c2)C1. The molecular formula is C22H27F3N4. The summed E-state index contributed by atoms with van der Waals surface area (Å²) in [6, 6.07) is 9.63. The number of nitrogens with zero attached hydrogens (tertiary/aromatic N) is 3. The van der Waals surface area contributed by atoms with E-state index >= 15 is 0 Å². The molecule has 29 heavy (non-hydrogen) atoms. The molecule has 156 valence electrons. The smallest absolute Gasteiger partial charge is 0.353 e. The lowest BCUT2D eigenvalue weighted by molar-refractivity contribution is -0.137. The van der Waals surface area contributed by atoms with E-state index < -0.39 is 11.7 Å². The first-order valence-corrected chi connectivity index (χ1v) is 9.98. The summed E-state index contributed by atoms with van der Waals surface area (Å²) in [4.78, 5) is 7.59. The summed E-state index contributed by atoms with van der Waals surface area (Å²) in [6.07, 6.45) is 0.499.